The average Bonchev–Trinajstić information content (AvgIpc) is 2.85. The van der Waals surface area contributed by atoms with Crippen LogP contribution in [-0.4, -0.2) is 35.5 Å². The van der Waals surface area contributed by atoms with Crippen LogP contribution >= 0.6 is 0 Å². The minimum Gasteiger partial charge on any atom is -0.354 e. The first-order chi connectivity index (χ1) is 6.34. The van der Waals surface area contributed by atoms with Crippen LogP contribution < -0.4 is 5.32 Å². The molecule has 0 radical (unpaired) electrons. The molecule has 3 aliphatic rings. The molecule has 72 valence electrons. The zero-order valence-electron chi connectivity index (χ0n) is 7.83. The van der Waals surface area contributed by atoms with Crippen LogP contribution in [-0.2, 0) is 4.79 Å². The Kier molecular flexibility index (Phi) is 1.62. The summed E-state index contributed by atoms with van der Waals surface area (Å²) in [5.41, 5.74) is 0. The number of carbonyl (C=O) groups is 1. The second kappa shape index (κ2) is 2.71. The molecule has 3 heteroatoms. The molecule has 2 aliphatic heterocycles. The predicted octanol–water partition coefficient (Wildman–Crippen LogP) is 0.502. The van der Waals surface area contributed by atoms with E-state index in [-0.39, 0.29) is 5.91 Å². The van der Waals surface area contributed by atoms with Gasteiger partial charge in [-0.2, -0.15) is 0 Å². The summed E-state index contributed by atoms with van der Waals surface area (Å²) < 4.78 is 0. The third-order valence-corrected chi connectivity index (χ3v) is 3.60. The van der Waals surface area contributed by atoms with E-state index >= 15 is 0 Å². The number of nitrogens with one attached hydrogen (secondary N) is 1. The first-order valence-corrected chi connectivity index (χ1v) is 5.39. The fourth-order valence-electron chi connectivity index (χ4n) is 2.88. The SMILES string of the molecule is O=C1C[C@@H]2CC[C@H](CN1)N2C1CC1. The lowest BCUT2D eigenvalue weighted by atomic mass is 10.1. The van der Waals surface area contributed by atoms with Crippen molar-refractivity contribution >= 4 is 5.91 Å². The van der Waals surface area contributed by atoms with Crippen LogP contribution in [0, 0.1) is 0 Å². The van der Waals surface area contributed by atoms with E-state index in [1.54, 1.807) is 0 Å². The highest BCUT2D eigenvalue weighted by atomic mass is 16.1. The molecule has 3 fully saturated rings. The highest BCUT2D eigenvalue weighted by Crippen LogP contribution is 2.38. The number of rotatable bonds is 1. The number of fused-ring (bicyclic) bond motifs is 2. The standard InChI is InChI=1S/C10H16N2O/c13-10-5-8-3-4-9(6-11-10)12(8)7-1-2-7/h7-9H,1-6H2,(H,11,13)/t8-,9+/m0/s1. The summed E-state index contributed by atoms with van der Waals surface area (Å²) in [4.78, 5) is 13.9. The Labute approximate surface area is 78.5 Å². The van der Waals surface area contributed by atoms with Gasteiger partial charge in [0.25, 0.3) is 0 Å². The Morgan fingerprint density at radius 1 is 1.08 bits per heavy atom. The van der Waals surface area contributed by atoms with Gasteiger partial charge in [0.2, 0.25) is 5.91 Å². The van der Waals surface area contributed by atoms with Crippen LogP contribution in [0.25, 0.3) is 0 Å². The van der Waals surface area contributed by atoms with Crippen LogP contribution in [0.15, 0.2) is 0 Å². The zero-order chi connectivity index (χ0) is 8.84. The normalized spacial score (nSPS) is 40.2. The van der Waals surface area contributed by atoms with Crippen molar-refractivity contribution in [3.05, 3.63) is 0 Å². The molecule has 2 atom stereocenters. The van der Waals surface area contributed by atoms with Crippen molar-refractivity contribution in [3.8, 4) is 0 Å². The van der Waals surface area contributed by atoms with Crippen LogP contribution in [0.3, 0.4) is 0 Å². The van der Waals surface area contributed by atoms with Gasteiger partial charge in [-0.3, -0.25) is 9.69 Å². The van der Waals surface area contributed by atoms with Gasteiger partial charge in [0.1, 0.15) is 0 Å². The number of hydrogen-bond donors (Lipinski definition) is 1. The third kappa shape index (κ3) is 1.26. The summed E-state index contributed by atoms with van der Waals surface area (Å²) >= 11 is 0. The lowest BCUT2D eigenvalue weighted by Crippen LogP contribution is -2.39. The minimum atomic E-state index is 0.262. The Bertz CT molecular complexity index is 237. The Hall–Kier alpha value is -0.570. The molecule has 0 unspecified atom stereocenters. The molecule has 1 amide bonds. The number of nitrogens with zero attached hydrogens (tertiary/aromatic N) is 1. The number of carbonyl (C=O) groups excluding carboxylic acids is 1. The van der Waals surface area contributed by atoms with E-state index < -0.39 is 0 Å². The van der Waals surface area contributed by atoms with E-state index in [4.69, 9.17) is 0 Å². The van der Waals surface area contributed by atoms with Gasteiger partial charge in [-0.15, -0.1) is 0 Å². The smallest absolute Gasteiger partial charge is 0.221 e. The van der Waals surface area contributed by atoms with E-state index in [0.29, 0.717) is 12.1 Å². The first-order valence-electron chi connectivity index (χ1n) is 5.39. The largest absolute Gasteiger partial charge is 0.354 e. The molecule has 3 rings (SSSR count). The number of amides is 1. The Balaban J connectivity index is 1.82. The molecule has 2 heterocycles. The van der Waals surface area contributed by atoms with Crippen LogP contribution in [0.1, 0.15) is 32.1 Å². The van der Waals surface area contributed by atoms with Crippen molar-refractivity contribution in [2.45, 2.75) is 50.2 Å². The van der Waals surface area contributed by atoms with Gasteiger partial charge < -0.3 is 5.32 Å². The van der Waals surface area contributed by atoms with Crippen LogP contribution in [0.5, 0.6) is 0 Å². The van der Waals surface area contributed by atoms with Gasteiger partial charge >= 0.3 is 0 Å². The summed E-state index contributed by atoms with van der Waals surface area (Å²) in [6.45, 7) is 0.895. The fraction of sp³-hybridized carbons (Fsp3) is 0.900. The highest BCUT2D eigenvalue weighted by Gasteiger charge is 2.44. The average molecular weight is 180 g/mol. The molecule has 0 aromatic rings. The number of hydrogen-bond acceptors (Lipinski definition) is 2. The summed E-state index contributed by atoms with van der Waals surface area (Å²) in [7, 11) is 0. The van der Waals surface area contributed by atoms with Gasteiger partial charge in [0.15, 0.2) is 0 Å². The Morgan fingerprint density at radius 3 is 2.54 bits per heavy atom. The molecule has 2 saturated heterocycles. The minimum absolute atomic E-state index is 0.262. The molecule has 0 spiro atoms. The molecule has 1 N–H and O–H groups in total. The van der Waals surface area contributed by atoms with Crippen LogP contribution in [0.2, 0.25) is 0 Å². The molecular weight excluding hydrogens is 164 g/mol. The quantitative estimate of drug-likeness (QED) is 0.637. The summed E-state index contributed by atoms with van der Waals surface area (Å²) in [5.74, 6) is 0.262. The predicted molar refractivity (Wildman–Crippen MR) is 49.3 cm³/mol. The second-order valence-electron chi connectivity index (χ2n) is 4.57. The molecule has 3 nitrogen and oxygen atoms in total. The van der Waals surface area contributed by atoms with Gasteiger partial charge in [0.05, 0.1) is 0 Å². The molecule has 0 aromatic carbocycles. The molecule has 1 saturated carbocycles. The summed E-state index contributed by atoms with van der Waals surface area (Å²) in [6, 6.07) is 2.05. The van der Waals surface area contributed by atoms with Crippen molar-refractivity contribution < 1.29 is 4.79 Å². The molecule has 2 bridgehead atoms. The van der Waals surface area contributed by atoms with Crippen molar-refractivity contribution in [1.82, 2.24) is 10.2 Å². The van der Waals surface area contributed by atoms with Gasteiger partial charge in [-0.05, 0) is 25.7 Å². The van der Waals surface area contributed by atoms with Gasteiger partial charge in [-0.25, -0.2) is 0 Å². The van der Waals surface area contributed by atoms with Crippen molar-refractivity contribution in [2.24, 2.45) is 0 Å². The maximum Gasteiger partial charge on any atom is 0.221 e. The van der Waals surface area contributed by atoms with E-state index in [9.17, 15) is 4.79 Å². The monoisotopic (exact) mass is 180 g/mol. The van der Waals surface area contributed by atoms with Crippen molar-refractivity contribution in [1.29, 1.82) is 0 Å². The summed E-state index contributed by atoms with van der Waals surface area (Å²) in [6.07, 6.45) is 6.01. The van der Waals surface area contributed by atoms with Gasteiger partial charge in [-0.1, -0.05) is 0 Å². The Morgan fingerprint density at radius 2 is 1.77 bits per heavy atom. The molecule has 0 aromatic heterocycles. The van der Waals surface area contributed by atoms with Crippen LogP contribution in [0.4, 0.5) is 0 Å². The van der Waals surface area contributed by atoms with E-state index in [2.05, 4.69) is 10.2 Å². The highest BCUT2D eigenvalue weighted by molar-refractivity contribution is 5.77. The maximum absolute atomic E-state index is 11.3. The first kappa shape index (κ1) is 7.80. The summed E-state index contributed by atoms with van der Waals surface area (Å²) in [5, 5.41) is 3.01. The second-order valence-corrected chi connectivity index (χ2v) is 4.57. The van der Waals surface area contributed by atoms with Gasteiger partial charge in [0, 0.05) is 31.1 Å². The molecule has 13 heavy (non-hydrogen) atoms. The van der Waals surface area contributed by atoms with E-state index in [1.807, 2.05) is 0 Å². The topological polar surface area (TPSA) is 32.3 Å². The van der Waals surface area contributed by atoms with Crippen molar-refractivity contribution in [3.63, 3.8) is 0 Å². The lowest BCUT2D eigenvalue weighted by molar-refractivity contribution is -0.121. The van der Waals surface area contributed by atoms with E-state index in [0.717, 1.165) is 19.0 Å². The van der Waals surface area contributed by atoms with E-state index in [1.165, 1.54) is 25.7 Å². The maximum atomic E-state index is 11.3. The lowest BCUT2D eigenvalue weighted by Gasteiger charge is -2.26. The van der Waals surface area contributed by atoms with Crippen molar-refractivity contribution in [2.75, 3.05) is 6.54 Å². The third-order valence-electron chi connectivity index (χ3n) is 3.60. The zero-order valence-corrected chi connectivity index (χ0v) is 7.83. The fourth-order valence-corrected chi connectivity index (χ4v) is 2.88. The molecule has 1 aliphatic carbocycles. The molecular formula is C10H16N2O.